The first kappa shape index (κ1) is 20.5. The Morgan fingerprint density at radius 1 is 1.29 bits per heavy atom. The third-order valence-corrected chi connectivity index (χ3v) is 8.23. The zero-order chi connectivity index (χ0) is 21.8. The van der Waals surface area contributed by atoms with Crippen molar-refractivity contribution in [2.45, 2.75) is 46.1 Å². The molecule has 2 N–H and O–H groups in total. The summed E-state index contributed by atoms with van der Waals surface area (Å²) < 4.78 is 1.75. The number of carbonyl (C=O) groups is 2. The summed E-state index contributed by atoms with van der Waals surface area (Å²) in [4.78, 5) is 32.4. The number of hydrogen-bond acceptors (Lipinski definition) is 4. The van der Waals surface area contributed by atoms with Crippen molar-refractivity contribution >= 4 is 17.5 Å². The number of hydrogen-bond donors (Lipinski definition) is 2. The molecule has 2 aromatic heterocycles. The van der Waals surface area contributed by atoms with E-state index in [0.29, 0.717) is 40.8 Å². The second-order valence-corrected chi connectivity index (χ2v) is 10.2. The number of carbonyl (C=O) groups excluding carboxylic acids is 2. The quantitative estimate of drug-likeness (QED) is 0.792. The lowest BCUT2D eigenvalue weighted by atomic mass is 9.45. The number of nitrogens with zero attached hydrogens (tertiary/aromatic N) is 3. The van der Waals surface area contributed by atoms with E-state index < -0.39 is 0 Å². The summed E-state index contributed by atoms with van der Waals surface area (Å²) in [5.74, 6) is 1.95. The van der Waals surface area contributed by atoms with Crippen LogP contribution in [0.4, 0.5) is 0 Å². The first-order chi connectivity index (χ1) is 14.9. The Morgan fingerprint density at radius 3 is 2.87 bits per heavy atom. The molecule has 0 radical (unpaired) electrons. The second-order valence-electron chi connectivity index (χ2n) is 10.2. The topological polar surface area (TPSA) is 78.7 Å². The molecule has 31 heavy (non-hydrogen) atoms. The fraction of sp³-hybridized carbons (Fsp3) is 0.625. The van der Waals surface area contributed by atoms with Crippen molar-refractivity contribution in [3.63, 3.8) is 0 Å². The van der Waals surface area contributed by atoms with Crippen LogP contribution in [0.3, 0.4) is 0 Å². The smallest absolute Gasteiger partial charge is 0.274 e. The second kappa shape index (κ2) is 7.62. The SMILES string of the molecule is C[C@@H]1CNCCN1C(=O)c1cn2c(C(=O)NC[C@@H]3CC[C@H]4C[C@H]3C4(C)C)cccc2n1. The maximum absolute atomic E-state index is 13.1. The van der Waals surface area contributed by atoms with Crippen molar-refractivity contribution in [2.75, 3.05) is 26.2 Å². The third kappa shape index (κ3) is 3.43. The van der Waals surface area contributed by atoms with E-state index in [4.69, 9.17) is 0 Å². The Balaban J connectivity index is 1.32. The Hall–Kier alpha value is -2.41. The van der Waals surface area contributed by atoms with E-state index in [-0.39, 0.29) is 17.9 Å². The first-order valence-electron chi connectivity index (χ1n) is 11.6. The molecule has 3 saturated carbocycles. The highest BCUT2D eigenvalue weighted by molar-refractivity contribution is 5.95. The molecule has 1 saturated heterocycles. The van der Waals surface area contributed by atoms with Gasteiger partial charge >= 0.3 is 0 Å². The van der Waals surface area contributed by atoms with Crippen LogP contribution in [0.1, 0.15) is 61.0 Å². The number of nitrogens with one attached hydrogen (secondary N) is 2. The van der Waals surface area contributed by atoms with Crippen LogP contribution >= 0.6 is 0 Å². The summed E-state index contributed by atoms with van der Waals surface area (Å²) >= 11 is 0. The minimum Gasteiger partial charge on any atom is -0.350 e. The standard InChI is InChI=1S/C24H33N5O2/c1-15-12-25-9-10-28(15)23(31)19-14-29-20(5-4-6-21(29)27-19)22(30)26-13-16-7-8-17-11-18(16)24(17,2)3/h4-6,14-18,25H,7-13H2,1-3H3,(H,26,30)/t15-,16+,17+,18-/m1/s1. The van der Waals surface area contributed by atoms with E-state index in [9.17, 15) is 9.59 Å². The van der Waals surface area contributed by atoms with E-state index in [2.05, 4.69) is 29.5 Å². The Labute approximate surface area is 183 Å². The number of imidazole rings is 1. The highest BCUT2D eigenvalue weighted by Crippen LogP contribution is 2.61. The molecule has 3 aliphatic carbocycles. The molecular weight excluding hydrogens is 390 g/mol. The van der Waals surface area contributed by atoms with E-state index in [0.717, 1.165) is 25.6 Å². The average molecular weight is 424 g/mol. The van der Waals surface area contributed by atoms with E-state index in [1.807, 2.05) is 24.0 Å². The molecule has 6 rings (SSSR count). The van der Waals surface area contributed by atoms with Gasteiger partial charge in [-0.3, -0.25) is 14.0 Å². The Morgan fingerprint density at radius 2 is 2.13 bits per heavy atom. The van der Waals surface area contributed by atoms with Crippen LogP contribution in [0.2, 0.25) is 0 Å². The maximum Gasteiger partial charge on any atom is 0.274 e. The molecule has 0 unspecified atom stereocenters. The van der Waals surface area contributed by atoms with Gasteiger partial charge in [-0.15, -0.1) is 0 Å². The summed E-state index contributed by atoms with van der Waals surface area (Å²) in [6, 6.07) is 5.60. The molecule has 2 aromatic rings. The highest BCUT2D eigenvalue weighted by atomic mass is 16.2. The van der Waals surface area contributed by atoms with Gasteiger partial charge in [0, 0.05) is 38.4 Å². The van der Waals surface area contributed by atoms with Gasteiger partial charge in [-0.2, -0.15) is 0 Å². The monoisotopic (exact) mass is 423 g/mol. The van der Waals surface area contributed by atoms with Crippen LogP contribution in [0.15, 0.2) is 24.4 Å². The molecule has 0 spiro atoms. The number of aromatic nitrogens is 2. The van der Waals surface area contributed by atoms with Gasteiger partial charge in [-0.05, 0) is 61.5 Å². The number of rotatable bonds is 4. The largest absolute Gasteiger partial charge is 0.350 e. The number of fused-ring (bicyclic) bond motifs is 3. The summed E-state index contributed by atoms with van der Waals surface area (Å²) in [6.07, 6.45) is 5.50. The molecule has 4 atom stereocenters. The van der Waals surface area contributed by atoms with Crippen molar-refractivity contribution < 1.29 is 9.59 Å². The predicted molar refractivity (Wildman–Crippen MR) is 119 cm³/mol. The predicted octanol–water partition coefficient (Wildman–Crippen LogP) is 2.57. The summed E-state index contributed by atoms with van der Waals surface area (Å²) in [5, 5.41) is 6.47. The van der Waals surface area contributed by atoms with Gasteiger partial charge in [-0.1, -0.05) is 19.9 Å². The molecule has 2 bridgehead atoms. The molecule has 166 valence electrons. The zero-order valence-corrected chi connectivity index (χ0v) is 18.7. The van der Waals surface area contributed by atoms with Crippen molar-refractivity contribution in [1.82, 2.24) is 24.9 Å². The third-order valence-electron chi connectivity index (χ3n) is 8.23. The van der Waals surface area contributed by atoms with Gasteiger partial charge < -0.3 is 15.5 Å². The molecule has 7 heteroatoms. The van der Waals surface area contributed by atoms with Crippen molar-refractivity contribution in [2.24, 2.45) is 23.2 Å². The van der Waals surface area contributed by atoms with Gasteiger partial charge in [0.15, 0.2) is 0 Å². The Bertz CT molecular complexity index is 1010. The molecule has 7 nitrogen and oxygen atoms in total. The first-order valence-corrected chi connectivity index (χ1v) is 11.6. The van der Waals surface area contributed by atoms with Crippen molar-refractivity contribution in [1.29, 1.82) is 0 Å². The van der Waals surface area contributed by atoms with Crippen LogP contribution in [-0.4, -0.2) is 58.3 Å². The number of pyridine rings is 1. The molecule has 2 amide bonds. The molecule has 4 aliphatic rings. The summed E-state index contributed by atoms with van der Waals surface area (Å²) in [7, 11) is 0. The fourth-order valence-electron chi connectivity index (χ4n) is 6.11. The minimum absolute atomic E-state index is 0.0759. The van der Waals surface area contributed by atoms with E-state index in [1.54, 1.807) is 16.7 Å². The molecule has 4 fully saturated rings. The number of amides is 2. The van der Waals surface area contributed by atoms with Crippen LogP contribution < -0.4 is 10.6 Å². The van der Waals surface area contributed by atoms with Crippen LogP contribution in [0, 0.1) is 23.2 Å². The molecular formula is C24H33N5O2. The van der Waals surface area contributed by atoms with Crippen molar-refractivity contribution in [3.05, 3.63) is 35.8 Å². The maximum atomic E-state index is 13.1. The van der Waals surface area contributed by atoms with Gasteiger partial charge in [0.2, 0.25) is 0 Å². The van der Waals surface area contributed by atoms with Gasteiger partial charge in [0.05, 0.1) is 0 Å². The van der Waals surface area contributed by atoms with Crippen LogP contribution in [0.5, 0.6) is 0 Å². The lowest BCUT2D eigenvalue weighted by Gasteiger charge is -2.60. The zero-order valence-electron chi connectivity index (χ0n) is 18.7. The molecule has 0 aromatic carbocycles. The lowest BCUT2D eigenvalue weighted by molar-refractivity contribution is -0.103. The van der Waals surface area contributed by atoms with Crippen LogP contribution in [0.25, 0.3) is 5.65 Å². The lowest BCUT2D eigenvalue weighted by Crippen LogP contribution is -2.54. The molecule has 3 heterocycles. The fourth-order valence-corrected chi connectivity index (χ4v) is 6.11. The van der Waals surface area contributed by atoms with E-state index >= 15 is 0 Å². The van der Waals surface area contributed by atoms with Crippen molar-refractivity contribution in [3.8, 4) is 0 Å². The number of piperazine rings is 1. The van der Waals surface area contributed by atoms with Crippen LogP contribution in [-0.2, 0) is 0 Å². The highest BCUT2D eigenvalue weighted by Gasteiger charge is 2.53. The summed E-state index contributed by atoms with van der Waals surface area (Å²) in [5.41, 5.74) is 1.95. The van der Waals surface area contributed by atoms with Gasteiger partial charge in [-0.25, -0.2) is 4.98 Å². The van der Waals surface area contributed by atoms with E-state index in [1.165, 1.54) is 19.3 Å². The average Bonchev–Trinajstić information content (AvgIpc) is 3.21. The normalized spacial score (nSPS) is 29.5. The summed E-state index contributed by atoms with van der Waals surface area (Å²) in [6.45, 7) is 9.75. The molecule has 1 aliphatic heterocycles. The van der Waals surface area contributed by atoms with Gasteiger partial charge in [0.1, 0.15) is 17.0 Å². The van der Waals surface area contributed by atoms with Gasteiger partial charge in [0.25, 0.3) is 11.8 Å². The minimum atomic E-state index is -0.100. The Kier molecular flexibility index (Phi) is 5.04.